The highest BCUT2D eigenvalue weighted by Crippen LogP contribution is 2.07. The van der Waals surface area contributed by atoms with Gasteiger partial charge >= 0.3 is 0 Å². The quantitative estimate of drug-likeness (QED) is 0.555. The summed E-state index contributed by atoms with van der Waals surface area (Å²) in [7, 11) is 1.77. The second-order valence-electron chi connectivity index (χ2n) is 2.95. The molecule has 1 unspecified atom stereocenters. The SMILES string of the molecule is CCCC(C)=CC(CC)OC. The third-order valence-electron chi connectivity index (χ3n) is 1.82. The molecule has 1 nitrogen and oxygen atoms in total. The molecule has 0 N–H and O–H groups in total. The van der Waals surface area contributed by atoms with E-state index in [1.54, 1.807) is 7.11 Å². The van der Waals surface area contributed by atoms with Crippen LogP contribution in [0.5, 0.6) is 0 Å². The van der Waals surface area contributed by atoms with Crippen molar-refractivity contribution in [3.63, 3.8) is 0 Å². The number of allylic oxidation sites excluding steroid dienone is 1. The molecule has 0 fully saturated rings. The van der Waals surface area contributed by atoms with Gasteiger partial charge in [0.1, 0.15) is 0 Å². The maximum absolute atomic E-state index is 5.24. The van der Waals surface area contributed by atoms with Crippen LogP contribution in [0.15, 0.2) is 11.6 Å². The van der Waals surface area contributed by atoms with Crippen LogP contribution in [0.4, 0.5) is 0 Å². The van der Waals surface area contributed by atoms with E-state index in [0.29, 0.717) is 6.10 Å². The molecule has 0 aliphatic heterocycles. The van der Waals surface area contributed by atoms with Crippen molar-refractivity contribution in [3.05, 3.63) is 11.6 Å². The molecular weight excluding hydrogens is 136 g/mol. The first-order valence-electron chi connectivity index (χ1n) is 4.44. The summed E-state index contributed by atoms with van der Waals surface area (Å²) in [5, 5.41) is 0. The summed E-state index contributed by atoms with van der Waals surface area (Å²) in [5.41, 5.74) is 1.45. The van der Waals surface area contributed by atoms with Crippen molar-refractivity contribution in [2.75, 3.05) is 7.11 Å². The van der Waals surface area contributed by atoms with E-state index in [1.807, 2.05) is 0 Å². The van der Waals surface area contributed by atoms with Gasteiger partial charge in [-0.25, -0.2) is 0 Å². The molecule has 0 aromatic heterocycles. The van der Waals surface area contributed by atoms with Crippen LogP contribution >= 0.6 is 0 Å². The van der Waals surface area contributed by atoms with Gasteiger partial charge in [0.15, 0.2) is 0 Å². The molecule has 0 radical (unpaired) electrons. The standard InChI is InChI=1S/C10H20O/c1-5-7-9(3)8-10(6-2)11-4/h8,10H,5-7H2,1-4H3. The third kappa shape index (κ3) is 5.02. The van der Waals surface area contributed by atoms with Crippen molar-refractivity contribution >= 4 is 0 Å². The Balaban J connectivity index is 3.81. The van der Waals surface area contributed by atoms with Gasteiger partial charge in [0.05, 0.1) is 6.10 Å². The summed E-state index contributed by atoms with van der Waals surface area (Å²) in [6.45, 7) is 6.51. The Morgan fingerprint density at radius 3 is 2.45 bits per heavy atom. The Morgan fingerprint density at radius 2 is 2.09 bits per heavy atom. The van der Waals surface area contributed by atoms with Crippen molar-refractivity contribution in [2.24, 2.45) is 0 Å². The van der Waals surface area contributed by atoms with E-state index in [0.717, 1.165) is 6.42 Å². The van der Waals surface area contributed by atoms with Crippen LogP contribution in [0, 0.1) is 0 Å². The van der Waals surface area contributed by atoms with Crippen LogP contribution in [0.2, 0.25) is 0 Å². The highest BCUT2D eigenvalue weighted by atomic mass is 16.5. The predicted octanol–water partition coefficient (Wildman–Crippen LogP) is 3.16. The molecule has 11 heavy (non-hydrogen) atoms. The van der Waals surface area contributed by atoms with Gasteiger partial charge in [0.25, 0.3) is 0 Å². The largest absolute Gasteiger partial charge is 0.377 e. The molecule has 0 aromatic carbocycles. The normalized spacial score (nSPS) is 15.1. The van der Waals surface area contributed by atoms with Gasteiger partial charge in [0.2, 0.25) is 0 Å². The van der Waals surface area contributed by atoms with Gasteiger partial charge in [-0.05, 0) is 19.8 Å². The van der Waals surface area contributed by atoms with Crippen LogP contribution in [0.1, 0.15) is 40.0 Å². The van der Waals surface area contributed by atoms with E-state index >= 15 is 0 Å². The molecule has 0 spiro atoms. The van der Waals surface area contributed by atoms with Gasteiger partial charge in [-0.3, -0.25) is 0 Å². The topological polar surface area (TPSA) is 9.23 Å². The fourth-order valence-corrected chi connectivity index (χ4v) is 1.15. The summed E-state index contributed by atoms with van der Waals surface area (Å²) < 4.78 is 5.24. The number of hydrogen-bond donors (Lipinski definition) is 0. The second-order valence-corrected chi connectivity index (χ2v) is 2.95. The van der Waals surface area contributed by atoms with Crippen molar-refractivity contribution in [1.82, 2.24) is 0 Å². The molecule has 1 heteroatoms. The first kappa shape index (κ1) is 10.7. The van der Waals surface area contributed by atoms with Crippen molar-refractivity contribution in [1.29, 1.82) is 0 Å². The first-order chi connectivity index (χ1) is 5.24. The van der Waals surface area contributed by atoms with Crippen LogP contribution in [0.25, 0.3) is 0 Å². The average Bonchev–Trinajstić information content (AvgIpc) is 2.01. The summed E-state index contributed by atoms with van der Waals surface area (Å²) >= 11 is 0. The van der Waals surface area contributed by atoms with Crippen molar-refractivity contribution in [3.8, 4) is 0 Å². The number of hydrogen-bond acceptors (Lipinski definition) is 1. The monoisotopic (exact) mass is 156 g/mol. The fraction of sp³-hybridized carbons (Fsp3) is 0.800. The molecule has 0 aliphatic rings. The Hall–Kier alpha value is -0.300. The van der Waals surface area contributed by atoms with E-state index in [-0.39, 0.29) is 0 Å². The number of ether oxygens (including phenoxy) is 1. The summed E-state index contributed by atoms with van der Waals surface area (Å²) in [5.74, 6) is 0. The van der Waals surface area contributed by atoms with Gasteiger partial charge in [-0.1, -0.05) is 31.9 Å². The highest BCUT2D eigenvalue weighted by molar-refractivity contribution is 5.01. The van der Waals surface area contributed by atoms with Crippen LogP contribution < -0.4 is 0 Å². The lowest BCUT2D eigenvalue weighted by molar-refractivity contribution is 0.137. The minimum atomic E-state index is 0.321. The van der Waals surface area contributed by atoms with Crippen LogP contribution in [-0.4, -0.2) is 13.2 Å². The Kier molecular flexibility index (Phi) is 6.24. The van der Waals surface area contributed by atoms with E-state index in [2.05, 4.69) is 26.8 Å². The number of methoxy groups -OCH3 is 1. The molecule has 1 atom stereocenters. The van der Waals surface area contributed by atoms with Crippen molar-refractivity contribution < 1.29 is 4.74 Å². The summed E-state index contributed by atoms with van der Waals surface area (Å²) in [6, 6.07) is 0. The predicted molar refractivity (Wildman–Crippen MR) is 49.8 cm³/mol. The zero-order valence-corrected chi connectivity index (χ0v) is 8.18. The van der Waals surface area contributed by atoms with Gasteiger partial charge in [0, 0.05) is 7.11 Å². The molecule has 66 valence electrons. The molecule has 0 saturated carbocycles. The van der Waals surface area contributed by atoms with Gasteiger partial charge in [-0.15, -0.1) is 0 Å². The molecule has 0 bridgehead atoms. The third-order valence-corrected chi connectivity index (χ3v) is 1.82. The molecule has 0 saturated heterocycles. The first-order valence-corrected chi connectivity index (χ1v) is 4.44. The number of rotatable bonds is 5. The minimum absolute atomic E-state index is 0.321. The van der Waals surface area contributed by atoms with E-state index in [9.17, 15) is 0 Å². The van der Waals surface area contributed by atoms with Crippen LogP contribution in [0.3, 0.4) is 0 Å². The lowest BCUT2D eigenvalue weighted by Gasteiger charge is -2.08. The zero-order valence-electron chi connectivity index (χ0n) is 8.18. The van der Waals surface area contributed by atoms with E-state index in [4.69, 9.17) is 4.74 Å². The van der Waals surface area contributed by atoms with E-state index in [1.165, 1.54) is 18.4 Å². The second kappa shape index (κ2) is 6.41. The minimum Gasteiger partial charge on any atom is -0.377 e. The maximum Gasteiger partial charge on any atom is 0.0751 e. The highest BCUT2D eigenvalue weighted by Gasteiger charge is 1.98. The molecule has 0 rings (SSSR count). The molecule has 0 heterocycles. The molecule has 0 aliphatic carbocycles. The van der Waals surface area contributed by atoms with Gasteiger partial charge < -0.3 is 4.74 Å². The van der Waals surface area contributed by atoms with Gasteiger partial charge in [-0.2, -0.15) is 0 Å². The molecular formula is C10H20O. The lowest BCUT2D eigenvalue weighted by atomic mass is 10.1. The van der Waals surface area contributed by atoms with Crippen molar-refractivity contribution in [2.45, 2.75) is 46.1 Å². The maximum atomic E-state index is 5.24. The zero-order chi connectivity index (χ0) is 8.69. The van der Waals surface area contributed by atoms with Crippen LogP contribution in [-0.2, 0) is 4.74 Å². The summed E-state index contributed by atoms with van der Waals surface area (Å²) in [6.07, 6.45) is 6.03. The Bertz CT molecular complexity index is 112. The Morgan fingerprint density at radius 1 is 1.45 bits per heavy atom. The Labute approximate surface area is 70.4 Å². The molecule has 0 aromatic rings. The molecule has 0 amide bonds. The average molecular weight is 156 g/mol. The smallest absolute Gasteiger partial charge is 0.0751 e. The van der Waals surface area contributed by atoms with E-state index < -0.39 is 0 Å². The fourth-order valence-electron chi connectivity index (χ4n) is 1.15. The summed E-state index contributed by atoms with van der Waals surface area (Å²) in [4.78, 5) is 0. The lowest BCUT2D eigenvalue weighted by Crippen LogP contribution is -2.05.